The molecule has 39 heavy (non-hydrogen) atoms. The minimum atomic E-state index is -6.09. The molecule has 2 saturated heterocycles. The Labute approximate surface area is 227 Å². The lowest BCUT2D eigenvalue weighted by atomic mass is 10.1. The minimum absolute atomic E-state index is 0.779. The number of alkyl halides is 3. The van der Waals surface area contributed by atoms with E-state index in [4.69, 9.17) is 22.4 Å². The molecule has 7 nitrogen and oxygen atoms in total. The van der Waals surface area contributed by atoms with Crippen LogP contribution in [0.15, 0.2) is 66.8 Å². The fraction of sp³-hybridized carbons (Fsp3) is 0.393. The van der Waals surface area contributed by atoms with Gasteiger partial charge in [0.05, 0.1) is 13.2 Å². The summed E-state index contributed by atoms with van der Waals surface area (Å²) in [5, 5.41) is 0. The first kappa shape index (κ1) is 30.6. The van der Waals surface area contributed by atoms with Crippen LogP contribution in [-0.4, -0.2) is 86.3 Å². The highest BCUT2D eigenvalue weighted by Crippen LogP contribution is 2.22. The van der Waals surface area contributed by atoms with Crippen LogP contribution < -0.4 is 0 Å². The number of halogens is 3. The molecule has 0 N–H and O–H groups in total. The lowest BCUT2D eigenvalue weighted by molar-refractivity contribution is -0.548. The number of rotatable bonds is 5. The normalized spacial score (nSPS) is 17.1. The molecule has 2 heterocycles. The molecule has 0 radical (unpaired) electrons. The summed E-state index contributed by atoms with van der Waals surface area (Å²) in [5.41, 5.74) is 1.92. The second-order valence-corrected chi connectivity index (χ2v) is 10.5. The third-order valence-electron chi connectivity index (χ3n) is 6.19. The van der Waals surface area contributed by atoms with E-state index in [1.807, 2.05) is 0 Å². The van der Waals surface area contributed by atoms with E-state index in [1.165, 1.54) is 33.7 Å². The minimum Gasteiger partial charge on any atom is -0.741 e. The topological polar surface area (TPSA) is 81.9 Å². The Morgan fingerprint density at radius 1 is 0.872 bits per heavy atom. The molecule has 0 spiro atoms. The Morgan fingerprint density at radius 2 is 1.33 bits per heavy atom. The quantitative estimate of drug-likeness (QED) is 0.235. The fourth-order valence-electron chi connectivity index (χ4n) is 4.06. The average molecular weight is 567 g/mol. The summed E-state index contributed by atoms with van der Waals surface area (Å²) in [6.45, 7) is 11.1. The Bertz CT molecular complexity index is 1270. The summed E-state index contributed by atoms with van der Waals surface area (Å²) in [6, 6.07) is 17.6. The number of hydrogen-bond donors (Lipinski definition) is 0. The Balaban J connectivity index is 0.000000459. The molecular weight excluding hydrogens is 533 g/mol. The van der Waals surface area contributed by atoms with Gasteiger partial charge in [-0.15, -0.1) is 0 Å². The molecule has 212 valence electrons. The van der Waals surface area contributed by atoms with Gasteiger partial charge in [0.15, 0.2) is 23.2 Å². The van der Waals surface area contributed by atoms with Crippen molar-refractivity contribution < 1.29 is 40.2 Å². The van der Waals surface area contributed by atoms with Gasteiger partial charge in [0.1, 0.15) is 13.2 Å². The van der Waals surface area contributed by atoms with Crippen molar-refractivity contribution >= 4 is 21.5 Å². The highest BCUT2D eigenvalue weighted by molar-refractivity contribution is 7.86. The van der Waals surface area contributed by atoms with Crippen LogP contribution in [0, 0.1) is 13.8 Å². The number of allylic oxidation sites excluding steroid dienone is 3. The largest absolute Gasteiger partial charge is 0.741 e. The summed E-state index contributed by atoms with van der Waals surface area (Å²) in [5.74, 6) is 0. The third-order valence-corrected chi connectivity index (χ3v) is 6.76. The van der Waals surface area contributed by atoms with Crippen LogP contribution in [0.4, 0.5) is 13.2 Å². The molecule has 2 aliphatic heterocycles. The highest BCUT2D eigenvalue weighted by Gasteiger charge is 2.36. The van der Waals surface area contributed by atoms with Gasteiger partial charge in [-0.1, -0.05) is 53.6 Å². The summed E-state index contributed by atoms with van der Waals surface area (Å²) >= 11 is 0. The van der Waals surface area contributed by atoms with Crippen LogP contribution in [0.2, 0.25) is 0 Å². The molecule has 2 aliphatic rings. The fourth-order valence-corrected chi connectivity index (χ4v) is 4.06. The van der Waals surface area contributed by atoms with Gasteiger partial charge in [-0.2, -0.15) is 13.2 Å². The van der Waals surface area contributed by atoms with Crippen molar-refractivity contribution in [2.24, 2.45) is 0 Å². The Kier molecular flexibility index (Phi) is 10.9. The number of ether oxygens (including phenoxy) is 2. The number of aryl methyl sites for hydroxylation is 2. The molecule has 4 rings (SSSR count). The van der Waals surface area contributed by atoms with E-state index in [0.29, 0.717) is 0 Å². The molecule has 0 amide bonds. The van der Waals surface area contributed by atoms with Crippen LogP contribution in [0.5, 0.6) is 0 Å². The Morgan fingerprint density at radius 3 is 1.82 bits per heavy atom. The summed E-state index contributed by atoms with van der Waals surface area (Å²) in [4.78, 5) is 2.43. The van der Waals surface area contributed by atoms with Crippen LogP contribution in [0.3, 0.4) is 0 Å². The van der Waals surface area contributed by atoms with Crippen molar-refractivity contribution in [1.29, 1.82) is 0 Å². The predicted molar refractivity (Wildman–Crippen MR) is 143 cm³/mol. The second-order valence-electron chi connectivity index (χ2n) is 9.13. The van der Waals surface area contributed by atoms with E-state index in [9.17, 15) is 13.2 Å². The van der Waals surface area contributed by atoms with Crippen molar-refractivity contribution in [2.75, 3.05) is 52.6 Å². The summed E-state index contributed by atoms with van der Waals surface area (Å²) in [7, 11) is -6.09. The van der Waals surface area contributed by atoms with Crippen molar-refractivity contribution in [1.82, 2.24) is 4.90 Å². The van der Waals surface area contributed by atoms with E-state index < -0.39 is 15.6 Å². The second kappa shape index (κ2) is 13.9. The third kappa shape index (κ3) is 9.31. The average Bonchev–Trinajstić information content (AvgIpc) is 2.90. The first-order valence-electron chi connectivity index (χ1n) is 12.5. The summed E-state index contributed by atoms with van der Waals surface area (Å²) in [6.07, 6.45) is 6.71. The standard InChI is InChI=1S/C27H33N2O2.CHF3O3S/c1-22-6-10-24(11-7-22)26(28-14-18-30-19-15-28)4-3-5-27(29-16-20-31-21-17-29)25-12-8-23(2)9-13-25;2-1(3,4)8(5,6)7/h3-13H,14-21H2,1-2H3;(H,5,6,7)/q+1;/p-1. The van der Waals surface area contributed by atoms with Crippen molar-refractivity contribution in [3.05, 3.63) is 89.0 Å². The van der Waals surface area contributed by atoms with E-state index >= 15 is 0 Å². The first-order chi connectivity index (χ1) is 18.5. The zero-order chi connectivity index (χ0) is 28.5. The molecular formula is C28H33F3N2O5S. The Hall–Kier alpha value is -2.99. The molecule has 2 aromatic rings. The molecule has 11 heteroatoms. The van der Waals surface area contributed by atoms with E-state index in [2.05, 4.69) is 90.1 Å². The maximum absolute atomic E-state index is 10.7. The maximum atomic E-state index is 10.7. The van der Waals surface area contributed by atoms with Gasteiger partial charge < -0.3 is 18.9 Å². The molecule has 0 atom stereocenters. The molecule has 0 aromatic heterocycles. The lowest BCUT2D eigenvalue weighted by Crippen LogP contribution is -2.35. The van der Waals surface area contributed by atoms with Gasteiger partial charge in [-0.3, -0.25) is 0 Å². The number of nitrogens with zero attached hydrogens (tertiary/aromatic N) is 2. The lowest BCUT2D eigenvalue weighted by Gasteiger charge is -2.31. The molecule has 0 bridgehead atoms. The smallest absolute Gasteiger partial charge is 0.485 e. The van der Waals surface area contributed by atoms with Gasteiger partial charge >= 0.3 is 5.51 Å². The van der Waals surface area contributed by atoms with E-state index in [-0.39, 0.29) is 0 Å². The summed E-state index contributed by atoms with van der Waals surface area (Å²) < 4.78 is 72.5. The van der Waals surface area contributed by atoms with Gasteiger partial charge in [0.2, 0.25) is 5.71 Å². The predicted octanol–water partition coefficient (Wildman–Crippen LogP) is 4.12. The van der Waals surface area contributed by atoms with Crippen LogP contribution in [-0.2, 0) is 19.6 Å². The van der Waals surface area contributed by atoms with Crippen LogP contribution in [0.1, 0.15) is 22.3 Å². The van der Waals surface area contributed by atoms with Crippen molar-refractivity contribution in [3.63, 3.8) is 0 Å². The van der Waals surface area contributed by atoms with Crippen molar-refractivity contribution in [2.45, 2.75) is 19.4 Å². The first-order valence-corrected chi connectivity index (χ1v) is 13.9. The van der Waals surface area contributed by atoms with E-state index in [1.54, 1.807) is 0 Å². The van der Waals surface area contributed by atoms with Gasteiger partial charge in [-0.05, 0) is 37.6 Å². The van der Waals surface area contributed by atoms with Crippen molar-refractivity contribution in [3.8, 4) is 0 Å². The number of benzene rings is 2. The molecule has 2 fully saturated rings. The van der Waals surface area contributed by atoms with Gasteiger partial charge in [-0.25, -0.2) is 13.0 Å². The molecule has 0 aliphatic carbocycles. The van der Waals surface area contributed by atoms with Crippen LogP contribution in [0.25, 0.3) is 5.70 Å². The van der Waals surface area contributed by atoms with E-state index in [0.717, 1.165) is 52.6 Å². The SMILES string of the molecule is Cc1ccc(C(=CC=CC(c2ccc(C)cc2)=[N+]2CCOCC2)N2CCOCC2)cc1.O=S(=O)([O-])C(F)(F)F. The van der Waals surface area contributed by atoms with Gasteiger partial charge in [0.25, 0.3) is 0 Å². The number of morpholine rings is 2. The molecule has 2 aromatic carbocycles. The maximum Gasteiger partial charge on any atom is 0.485 e. The monoisotopic (exact) mass is 566 g/mol. The number of hydrogen-bond acceptors (Lipinski definition) is 6. The van der Waals surface area contributed by atoms with Gasteiger partial charge in [0, 0.05) is 30.4 Å². The molecule has 0 saturated carbocycles. The molecule has 0 unspecified atom stereocenters. The zero-order valence-electron chi connectivity index (χ0n) is 22.0. The zero-order valence-corrected chi connectivity index (χ0v) is 22.8. The highest BCUT2D eigenvalue weighted by atomic mass is 32.2. The van der Waals surface area contributed by atoms with Crippen LogP contribution >= 0.6 is 0 Å².